The van der Waals surface area contributed by atoms with E-state index in [2.05, 4.69) is 24.7 Å². The van der Waals surface area contributed by atoms with Crippen LogP contribution in [0.25, 0.3) is 38.9 Å². The van der Waals surface area contributed by atoms with E-state index in [9.17, 15) is 14.4 Å². The summed E-state index contributed by atoms with van der Waals surface area (Å²) >= 11 is 12.8. The maximum atomic E-state index is 15.6. The largest absolute Gasteiger partial charge is 0.444 e. The number of carbonyl (C=O) groups is 1. The first kappa shape index (κ1) is 36.8. The van der Waals surface area contributed by atoms with E-state index < -0.39 is 43.2 Å². The van der Waals surface area contributed by atoms with E-state index in [0.717, 1.165) is 10.6 Å². The van der Waals surface area contributed by atoms with Gasteiger partial charge < -0.3 is 18.9 Å². The average molecular weight is 759 g/mol. The topological polar surface area (TPSA) is 118 Å². The number of rotatable bonds is 8. The molecule has 1 amide bonds. The molecule has 5 aromatic rings. The summed E-state index contributed by atoms with van der Waals surface area (Å²) < 4.78 is 33.1. The molecule has 1 aliphatic rings. The summed E-state index contributed by atoms with van der Waals surface area (Å²) in [7, 11) is 0.199. The Morgan fingerprint density at radius 2 is 1.80 bits per heavy atom. The third-order valence-electron chi connectivity index (χ3n) is 8.92. The van der Waals surface area contributed by atoms with E-state index in [1.807, 2.05) is 10.6 Å². The van der Waals surface area contributed by atoms with Crippen molar-refractivity contribution >= 4 is 59.3 Å². The molecule has 0 saturated carbocycles. The fraction of sp³-hybridized carbons (Fsp3) is 0.457. The van der Waals surface area contributed by atoms with Crippen LogP contribution < -0.4 is 11.2 Å². The van der Waals surface area contributed by atoms with Crippen molar-refractivity contribution < 1.29 is 18.7 Å². The molecule has 272 valence electrons. The predicted octanol–water partition coefficient (Wildman–Crippen LogP) is 7.04. The highest BCUT2D eigenvalue weighted by molar-refractivity contribution is 6.76. The maximum absolute atomic E-state index is 15.6. The van der Waals surface area contributed by atoms with Gasteiger partial charge in [-0.25, -0.2) is 23.5 Å². The van der Waals surface area contributed by atoms with Crippen molar-refractivity contribution in [3.63, 3.8) is 0 Å². The summed E-state index contributed by atoms with van der Waals surface area (Å²) in [6.45, 7) is 13.0. The monoisotopic (exact) mass is 757 g/mol. The van der Waals surface area contributed by atoms with Gasteiger partial charge in [0, 0.05) is 51.6 Å². The lowest BCUT2D eigenvalue weighted by molar-refractivity contribution is 0.00576. The molecule has 51 heavy (non-hydrogen) atoms. The van der Waals surface area contributed by atoms with E-state index >= 15 is 4.39 Å². The Kier molecular flexibility index (Phi) is 10.0. The number of piperidine rings is 1. The first-order valence-electron chi connectivity index (χ1n) is 16.8. The molecule has 1 fully saturated rings. The number of likely N-dealkylation sites (tertiary alicyclic amines) is 1. The van der Waals surface area contributed by atoms with Crippen LogP contribution in [0.2, 0.25) is 35.7 Å². The summed E-state index contributed by atoms with van der Waals surface area (Å²) in [5.74, 6) is 0. The molecule has 0 N–H and O–H groups in total. The molecule has 0 aliphatic carbocycles. The molecule has 5 heterocycles. The van der Waals surface area contributed by atoms with Crippen LogP contribution in [0, 0.1) is 0 Å². The van der Waals surface area contributed by atoms with E-state index in [1.54, 1.807) is 63.1 Å². The van der Waals surface area contributed by atoms with Crippen LogP contribution in [-0.4, -0.2) is 79.0 Å². The van der Waals surface area contributed by atoms with Gasteiger partial charge in [-0.05, 0) is 51.4 Å². The zero-order chi connectivity index (χ0) is 37.0. The number of halogens is 3. The Morgan fingerprint density at radius 3 is 2.45 bits per heavy atom. The van der Waals surface area contributed by atoms with Gasteiger partial charge in [0.15, 0.2) is 0 Å². The fourth-order valence-corrected chi connectivity index (χ4v) is 7.62. The molecule has 1 saturated heterocycles. The van der Waals surface area contributed by atoms with E-state index in [-0.39, 0.29) is 34.4 Å². The van der Waals surface area contributed by atoms with E-state index in [1.165, 1.54) is 15.7 Å². The van der Waals surface area contributed by atoms with Gasteiger partial charge >= 0.3 is 11.8 Å². The summed E-state index contributed by atoms with van der Waals surface area (Å²) in [5.41, 5.74) is 0.373. The fourth-order valence-electron chi connectivity index (χ4n) is 6.29. The number of aromatic nitrogens is 6. The van der Waals surface area contributed by atoms with Crippen LogP contribution in [0.15, 0.2) is 52.4 Å². The number of nitrogens with zero attached hydrogens (tertiary/aromatic N) is 7. The highest BCUT2D eigenvalue weighted by Crippen LogP contribution is 2.34. The molecular weight excluding hydrogens is 716 g/mol. The van der Waals surface area contributed by atoms with E-state index in [0.29, 0.717) is 47.4 Å². The second-order valence-corrected chi connectivity index (χ2v) is 21.6. The highest BCUT2D eigenvalue weighted by Gasteiger charge is 2.35. The summed E-state index contributed by atoms with van der Waals surface area (Å²) in [6, 6.07) is 6.95. The highest BCUT2D eigenvalue weighted by atomic mass is 35.5. The zero-order valence-electron chi connectivity index (χ0n) is 29.7. The van der Waals surface area contributed by atoms with Gasteiger partial charge in [-0.2, -0.15) is 5.10 Å². The van der Waals surface area contributed by atoms with Gasteiger partial charge in [0.1, 0.15) is 24.2 Å². The average Bonchev–Trinajstić information content (AvgIpc) is 3.67. The molecule has 6 rings (SSSR count). The number of carbonyl (C=O) groups excluding carboxylic acids is 1. The molecule has 16 heteroatoms. The van der Waals surface area contributed by atoms with Crippen molar-refractivity contribution in [2.75, 3.05) is 19.7 Å². The lowest BCUT2D eigenvalue weighted by atomic mass is 10.0. The van der Waals surface area contributed by atoms with Gasteiger partial charge in [0.25, 0.3) is 5.56 Å². The lowest BCUT2D eigenvalue weighted by Gasteiger charge is -2.35. The van der Waals surface area contributed by atoms with Crippen molar-refractivity contribution in [2.45, 2.75) is 77.4 Å². The maximum Gasteiger partial charge on any atom is 0.410 e. The van der Waals surface area contributed by atoms with Crippen LogP contribution in [0.1, 0.15) is 33.2 Å². The number of benzene rings is 1. The normalized spacial score (nSPS) is 17.1. The lowest BCUT2D eigenvalue weighted by Crippen LogP contribution is -2.47. The Bertz CT molecular complexity index is 2230. The Hall–Kier alpha value is -3.98. The smallest absolute Gasteiger partial charge is 0.410 e. The van der Waals surface area contributed by atoms with Gasteiger partial charge in [-0.1, -0.05) is 48.9 Å². The SMILES string of the molecule is Cn1c(=O)n(-c2c(Cl)cccc2Cl)c(=O)c2cnc3c(cc(-c4cnn([C@@H]5CCN(C(=O)OC(C)(C)C)C[C@@H]5F)c4)n3COCC[Si](C)(C)C)c21. The van der Waals surface area contributed by atoms with Gasteiger partial charge in [0.2, 0.25) is 0 Å². The van der Waals surface area contributed by atoms with Gasteiger partial charge in [-0.15, -0.1) is 0 Å². The van der Waals surface area contributed by atoms with Crippen LogP contribution in [0.4, 0.5) is 9.18 Å². The van der Waals surface area contributed by atoms with Crippen LogP contribution in [-0.2, 0) is 23.3 Å². The number of amides is 1. The third-order valence-corrected chi connectivity index (χ3v) is 11.2. The predicted molar refractivity (Wildman–Crippen MR) is 200 cm³/mol. The molecular formula is C35H42Cl2FN7O5Si. The second-order valence-electron chi connectivity index (χ2n) is 15.1. The molecule has 4 aromatic heterocycles. The first-order chi connectivity index (χ1) is 23.9. The Morgan fingerprint density at radius 1 is 1.10 bits per heavy atom. The number of aryl methyl sites for hydroxylation is 1. The quantitative estimate of drug-likeness (QED) is 0.123. The van der Waals surface area contributed by atoms with Gasteiger partial charge in [-0.3, -0.25) is 14.0 Å². The standard InChI is InChI=1S/C35H42Cl2FN7O5Si/c1-35(2,3)50-34(48)42-12-11-27(26(38)19-42)44-18-21(16-40-44)28-15-22-29-23(17-39-31(22)43(28)20-49-13-14-51(5,6)7)32(46)45(33(47)41(29)4)30-24(36)9-8-10-25(30)37/h8-10,15-18,26-27H,11-14,19-20H2,1-7H3/t26-,27+/m0/s1. The van der Waals surface area contributed by atoms with Crippen LogP contribution >= 0.6 is 23.2 Å². The van der Waals surface area contributed by atoms with E-state index in [4.69, 9.17) is 37.7 Å². The number of fused-ring (bicyclic) bond motifs is 3. The van der Waals surface area contributed by atoms with Crippen molar-refractivity contribution in [1.82, 2.24) is 33.4 Å². The first-order valence-corrected chi connectivity index (χ1v) is 21.2. The summed E-state index contributed by atoms with van der Waals surface area (Å²) in [4.78, 5) is 46.5. The van der Waals surface area contributed by atoms with Crippen LogP contribution in [0.5, 0.6) is 0 Å². The number of hydrogen-bond donors (Lipinski definition) is 0. The molecule has 12 nitrogen and oxygen atoms in total. The molecule has 0 bridgehead atoms. The van der Waals surface area contributed by atoms with Crippen molar-refractivity contribution in [3.05, 3.63) is 73.7 Å². The number of para-hydroxylation sites is 1. The minimum Gasteiger partial charge on any atom is -0.444 e. The second kappa shape index (κ2) is 13.9. The molecule has 2 atom stereocenters. The van der Waals surface area contributed by atoms with Crippen LogP contribution in [0.3, 0.4) is 0 Å². The molecule has 1 aromatic carbocycles. The number of ether oxygens (including phenoxy) is 2. The molecule has 0 spiro atoms. The minimum absolute atomic E-state index is 0.0954. The molecule has 1 aliphatic heterocycles. The van der Waals surface area contributed by atoms with Crippen molar-refractivity contribution in [3.8, 4) is 16.9 Å². The van der Waals surface area contributed by atoms with Crippen molar-refractivity contribution in [1.29, 1.82) is 0 Å². The zero-order valence-corrected chi connectivity index (χ0v) is 32.3. The molecule has 0 unspecified atom stereocenters. The minimum atomic E-state index is -1.38. The number of hydrogen-bond acceptors (Lipinski definition) is 7. The third kappa shape index (κ3) is 7.37. The Balaban J connectivity index is 1.42. The summed E-state index contributed by atoms with van der Waals surface area (Å²) in [6.07, 6.45) is 3.29. The number of alkyl halides is 1. The van der Waals surface area contributed by atoms with Crippen molar-refractivity contribution in [2.24, 2.45) is 7.05 Å². The molecule has 0 radical (unpaired) electrons. The Labute approximate surface area is 305 Å². The number of pyridine rings is 1. The van der Waals surface area contributed by atoms with Gasteiger partial charge in [0.05, 0.1) is 51.1 Å². The summed E-state index contributed by atoms with van der Waals surface area (Å²) in [5, 5.41) is 5.59.